The van der Waals surface area contributed by atoms with Crippen LogP contribution in [0.1, 0.15) is 29.7 Å². The fourth-order valence-corrected chi connectivity index (χ4v) is 2.35. The predicted octanol–water partition coefficient (Wildman–Crippen LogP) is 3.36. The van der Waals surface area contributed by atoms with E-state index in [2.05, 4.69) is 0 Å². The van der Waals surface area contributed by atoms with Gasteiger partial charge in [-0.2, -0.15) is 0 Å². The molecule has 0 spiro atoms. The van der Waals surface area contributed by atoms with Gasteiger partial charge in [-0.15, -0.1) is 0 Å². The van der Waals surface area contributed by atoms with Crippen LogP contribution in [0.4, 0.5) is 5.69 Å². The molecule has 2 aromatic rings. The molecule has 2 rings (SSSR count). The van der Waals surface area contributed by atoms with E-state index in [1.807, 2.05) is 69.3 Å². The Labute approximate surface area is 126 Å². The Bertz CT molecular complexity index is 619. The molecule has 3 nitrogen and oxygen atoms in total. The summed E-state index contributed by atoms with van der Waals surface area (Å²) in [6.07, 6.45) is 0. The average Bonchev–Trinajstić information content (AvgIpc) is 2.48. The molecule has 3 heteroatoms. The van der Waals surface area contributed by atoms with Crippen LogP contribution in [-0.2, 0) is 4.79 Å². The third-order valence-corrected chi connectivity index (χ3v) is 3.60. The number of aryl methyl sites for hydroxylation is 2. The van der Waals surface area contributed by atoms with Crippen LogP contribution in [0.5, 0.6) is 0 Å². The first-order valence-corrected chi connectivity index (χ1v) is 7.23. The number of nitrogens with zero attached hydrogens (tertiary/aromatic N) is 1. The molecule has 0 aliphatic rings. The fourth-order valence-electron chi connectivity index (χ4n) is 2.35. The summed E-state index contributed by atoms with van der Waals surface area (Å²) < 4.78 is 0. The number of likely N-dealkylation sites (N-methyl/N-ethyl adjacent to an activating group) is 1. The van der Waals surface area contributed by atoms with Gasteiger partial charge in [0, 0.05) is 12.2 Å². The van der Waals surface area contributed by atoms with Gasteiger partial charge < -0.3 is 10.6 Å². The Hall–Kier alpha value is -2.13. The highest BCUT2D eigenvalue weighted by molar-refractivity contribution is 5.97. The minimum atomic E-state index is -0.633. The summed E-state index contributed by atoms with van der Waals surface area (Å²) in [7, 11) is 0. The lowest BCUT2D eigenvalue weighted by Gasteiger charge is -2.25. The quantitative estimate of drug-likeness (QED) is 0.934. The summed E-state index contributed by atoms with van der Waals surface area (Å²) in [5.74, 6) is -0.0769. The maximum atomic E-state index is 12.7. The normalized spacial score (nSPS) is 12.0. The van der Waals surface area contributed by atoms with E-state index in [4.69, 9.17) is 5.73 Å². The molecule has 0 saturated heterocycles. The number of hydrogen-bond donors (Lipinski definition) is 1. The van der Waals surface area contributed by atoms with Crippen molar-refractivity contribution >= 4 is 11.6 Å². The molecule has 0 radical (unpaired) electrons. The number of nitrogens with two attached hydrogens (primary N) is 1. The molecule has 1 amide bonds. The van der Waals surface area contributed by atoms with Crippen LogP contribution in [-0.4, -0.2) is 12.5 Å². The molecule has 0 bridgehead atoms. The highest BCUT2D eigenvalue weighted by atomic mass is 16.2. The summed E-state index contributed by atoms with van der Waals surface area (Å²) >= 11 is 0. The second-order valence-electron chi connectivity index (χ2n) is 5.31. The van der Waals surface area contributed by atoms with Crippen LogP contribution in [0, 0.1) is 13.8 Å². The first kappa shape index (κ1) is 15.3. The number of carbonyl (C=O) groups is 1. The Kier molecular flexibility index (Phi) is 4.76. The van der Waals surface area contributed by atoms with Gasteiger partial charge in [0.25, 0.3) is 0 Å². The van der Waals surface area contributed by atoms with Gasteiger partial charge in [-0.3, -0.25) is 4.79 Å². The van der Waals surface area contributed by atoms with Crippen LogP contribution >= 0.6 is 0 Å². The van der Waals surface area contributed by atoms with Gasteiger partial charge in [0.1, 0.15) is 6.04 Å². The van der Waals surface area contributed by atoms with E-state index in [9.17, 15) is 4.79 Å². The van der Waals surface area contributed by atoms with Gasteiger partial charge in [-0.1, -0.05) is 42.0 Å². The standard InChI is InChI=1S/C18H22N2O/c1-4-20(16-7-5-6-14(3)12-16)18(21)17(19)15-10-8-13(2)9-11-15/h5-12,17H,4,19H2,1-3H3. The average molecular weight is 282 g/mol. The molecule has 2 N–H and O–H groups in total. The number of anilines is 1. The smallest absolute Gasteiger partial charge is 0.248 e. The lowest BCUT2D eigenvalue weighted by Crippen LogP contribution is -2.38. The van der Waals surface area contributed by atoms with Crippen molar-refractivity contribution in [1.29, 1.82) is 0 Å². The van der Waals surface area contributed by atoms with Crippen molar-refractivity contribution < 1.29 is 4.79 Å². The van der Waals surface area contributed by atoms with E-state index < -0.39 is 6.04 Å². The predicted molar refractivity (Wildman–Crippen MR) is 87.3 cm³/mol. The largest absolute Gasteiger partial charge is 0.316 e. The molecule has 0 aliphatic carbocycles. The van der Waals surface area contributed by atoms with Gasteiger partial charge in [0.2, 0.25) is 5.91 Å². The van der Waals surface area contributed by atoms with E-state index >= 15 is 0 Å². The van der Waals surface area contributed by atoms with Crippen molar-refractivity contribution in [3.63, 3.8) is 0 Å². The zero-order valence-corrected chi connectivity index (χ0v) is 12.8. The summed E-state index contributed by atoms with van der Waals surface area (Å²) in [5.41, 5.74) is 10.2. The summed E-state index contributed by atoms with van der Waals surface area (Å²) in [5, 5.41) is 0. The van der Waals surface area contributed by atoms with Crippen LogP contribution in [0.15, 0.2) is 48.5 Å². The van der Waals surface area contributed by atoms with Gasteiger partial charge in [-0.25, -0.2) is 0 Å². The molecule has 0 aromatic heterocycles. The monoisotopic (exact) mass is 282 g/mol. The molecule has 0 saturated carbocycles. The summed E-state index contributed by atoms with van der Waals surface area (Å²) in [6, 6.07) is 15.1. The molecule has 21 heavy (non-hydrogen) atoms. The maximum absolute atomic E-state index is 12.7. The van der Waals surface area contributed by atoms with Crippen LogP contribution in [0.25, 0.3) is 0 Å². The Morgan fingerprint density at radius 2 is 1.76 bits per heavy atom. The molecule has 1 atom stereocenters. The number of rotatable bonds is 4. The molecule has 0 heterocycles. The lowest BCUT2D eigenvalue weighted by molar-refractivity contribution is -0.119. The van der Waals surface area contributed by atoms with Crippen LogP contribution in [0.3, 0.4) is 0 Å². The maximum Gasteiger partial charge on any atom is 0.248 e. The third kappa shape index (κ3) is 3.50. The Balaban J connectivity index is 2.25. The van der Waals surface area contributed by atoms with Crippen molar-refractivity contribution in [1.82, 2.24) is 0 Å². The van der Waals surface area contributed by atoms with E-state index in [1.165, 1.54) is 0 Å². The van der Waals surface area contributed by atoms with Crippen molar-refractivity contribution in [3.05, 3.63) is 65.2 Å². The third-order valence-electron chi connectivity index (χ3n) is 3.60. The zero-order valence-electron chi connectivity index (χ0n) is 12.8. The van der Waals surface area contributed by atoms with Gasteiger partial charge >= 0.3 is 0 Å². The van der Waals surface area contributed by atoms with E-state index in [-0.39, 0.29) is 5.91 Å². The summed E-state index contributed by atoms with van der Waals surface area (Å²) in [4.78, 5) is 14.4. The molecule has 110 valence electrons. The van der Waals surface area contributed by atoms with E-state index in [1.54, 1.807) is 4.90 Å². The molecule has 1 unspecified atom stereocenters. The molecule has 2 aromatic carbocycles. The number of amides is 1. The number of hydrogen-bond acceptors (Lipinski definition) is 2. The highest BCUT2D eigenvalue weighted by Gasteiger charge is 2.22. The fraction of sp³-hybridized carbons (Fsp3) is 0.278. The van der Waals surface area contributed by atoms with Crippen molar-refractivity contribution in [2.45, 2.75) is 26.8 Å². The zero-order chi connectivity index (χ0) is 15.4. The molecule has 0 aliphatic heterocycles. The van der Waals surface area contributed by atoms with Crippen molar-refractivity contribution in [2.24, 2.45) is 5.73 Å². The van der Waals surface area contributed by atoms with Crippen LogP contribution in [0.2, 0.25) is 0 Å². The van der Waals surface area contributed by atoms with Gasteiger partial charge in [-0.05, 0) is 44.0 Å². The van der Waals surface area contributed by atoms with Crippen molar-refractivity contribution in [3.8, 4) is 0 Å². The van der Waals surface area contributed by atoms with Gasteiger partial charge in [0.15, 0.2) is 0 Å². The minimum absolute atomic E-state index is 0.0769. The van der Waals surface area contributed by atoms with Gasteiger partial charge in [0.05, 0.1) is 0 Å². The van der Waals surface area contributed by atoms with E-state index in [0.29, 0.717) is 6.54 Å². The SMILES string of the molecule is CCN(C(=O)C(N)c1ccc(C)cc1)c1cccc(C)c1. The lowest BCUT2D eigenvalue weighted by atomic mass is 10.0. The van der Waals surface area contributed by atoms with E-state index in [0.717, 1.165) is 22.4 Å². The second-order valence-corrected chi connectivity index (χ2v) is 5.31. The van der Waals surface area contributed by atoms with Crippen LogP contribution < -0.4 is 10.6 Å². The Morgan fingerprint density at radius 3 is 2.33 bits per heavy atom. The number of carbonyl (C=O) groups excluding carboxylic acids is 1. The molecular weight excluding hydrogens is 260 g/mol. The summed E-state index contributed by atoms with van der Waals surface area (Å²) in [6.45, 7) is 6.59. The van der Waals surface area contributed by atoms with Crippen molar-refractivity contribution in [2.75, 3.05) is 11.4 Å². The molecular formula is C18H22N2O. The molecule has 0 fully saturated rings. The number of benzene rings is 2. The first-order chi connectivity index (χ1) is 10.0. The Morgan fingerprint density at radius 1 is 1.10 bits per heavy atom. The second kappa shape index (κ2) is 6.55. The highest BCUT2D eigenvalue weighted by Crippen LogP contribution is 2.21. The minimum Gasteiger partial charge on any atom is -0.316 e. The first-order valence-electron chi connectivity index (χ1n) is 7.23. The topological polar surface area (TPSA) is 46.3 Å².